The molecule has 0 bridgehead atoms. The van der Waals surface area contributed by atoms with Crippen molar-refractivity contribution in [1.82, 2.24) is 10.2 Å². The zero-order chi connectivity index (χ0) is 16.9. The van der Waals surface area contributed by atoms with Gasteiger partial charge in [0.15, 0.2) is 0 Å². The lowest BCUT2D eigenvalue weighted by Crippen LogP contribution is -2.51. The molecule has 24 heavy (non-hydrogen) atoms. The van der Waals surface area contributed by atoms with Crippen molar-refractivity contribution in [3.8, 4) is 0 Å². The molecule has 2 fully saturated rings. The lowest BCUT2D eigenvalue weighted by Gasteiger charge is -2.37. The van der Waals surface area contributed by atoms with Crippen molar-refractivity contribution in [3.63, 3.8) is 0 Å². The summed E-state index contributed by atoms with van der Waals surface area (Å²) in [6.45, 7) is 8.38. The maximum Gasteiger partial charge on any atom is 0.236 e. The van der Waals surface area contributed by atoms with Gasteiger partial charge in [0.1, 0.15) is 0 Å². The molecule has 1 aromatic carbocycles. The molecule has 1 heterocycles. The van der Waals surface area contributed by atoms with E-state index in [1.54, 1.807) is 0 Å². The Bertz CT molecular complexity index is 558. The smallest absolute Gasteiger partial charge is 0.236 e. The van der Waals surface area contributed by atoms with Crippen LogP contribution in [0.15, 0.2) is 18.2 Å². The Balaban J connectivity index is 1.47. The minimum absolute atomic E-state index is 0.265. The number of nitrogens with one attached hydrogen (secondary N) is 1. The number of benzene rings is 1. The zero-order valence-electron chi connectivity index (χ0n) is 15.2. The first kappa shape index (κ1) is 17.3. The second kappa shape index (κ2) is 8.02. The molecular formula is C20H31N3O. The average Bonchev–Trinajstić information content (AvgIpc) is 2.63. The van der Waals surface area contributed by atoms with Crippen molar-refractivity contribution in [1.29, 1.82) is 0 Å². The molecule has 4 nitrogen and oxygen atoms in total. The number of hydrogen-bond donors (Lipinski definition) is 1. The van der Waals surface area contributed by atoms with Crippen molar-refractivity contribution in [3.05, 3.63) is 29.3 Å². The van der Waals surface area contributed by atoms with Crippen LogP contribution >= 0.6 is 0 Å². The number of carbonyl (C=O) groups is 1. The summed E-state index contributed by atoms with van der Waals surface area (Å²) in [6.07, 6.45) is 6.43. The largest absolute Gasteiger partial charge is 0.368 e. The molecule has 0 aromatic heterocycles. The van der Waals surface area contributed by atoms with Crippen LogP contribution in [0, 0.1) is 13.8 Å². The Morgan fingerprint density at radius 1 is 1.08 bits per heavy atom. The van der Waals surface area contributed by atoms with E-state index in [0.717, 1.165) is 26.2 Å². The molecule has 1 saturated carbocycles. The van der Waals surface area contributed by atoms with Gasteiger partial charge in [-0.05, 0) is 43.9 Å². The Morgan fingerprint density at radius 3 is 2.50 bits per heavy atom. The van der Waals surface area contributed by atoms with E-state index in [-0.39, 0.29) is 5.91 Å². The van der Waals surface area contributed by atoms with Crippen LogP contribution in [0.3, 0.4) is 0 Å². The van der Waals surface area contributed by atoms with E-state index in [4.69, 9.17) is 0 Å². The molecule has 1 aliphatic carbocycles. The van der Waals surface area contributed by atoms with Crippen LogP contribution in [0.1, 0.15) is 43.2 Å². The molecular weight excluding hydrogens is 298 g/mol. The first-order chi connectivity index (χ1) is 11.6. The van der Waals surface area contributed by atoms with Crippen LogP contribution < -0.4 is 10.2 Å². The van der Waals surface area contributed by atoms with Crippen molar-refractivity contribution >= 4 is 11.6 Å². The van der Waals surface area contributed by atoms with Gasteiger partial charge in [-0.15, -0.1) is 0 Å². The number of carbonyl (C=O) groups excluding carboxylic acids is 1. The van der Waals surface area contributed by atoms with Gasteiger partial charge in [0.25, 0.3) is 0 Å². The van der Waals surface area contributed by atoms with Gasteiger partial charge in [0.05, 0.1) is 6.54 Å². The number of amides is 1. The fraction of sp³-hybridized carbons (Fsp3) is 0.650. The Hall–Kier alpha value is -1.55. The molecule has 0 radical (unpaired) electrons. The van der Waals surface area contributed by atoms with Gasteiger partial charge in [-0.2, -0.15) is 0 Å². The number of aryl methyl sites for hydroxylation is 1. The van der Waals surface area contributed by atoms with E-state index in [1.807, 2.05) is 4.90 Å². The lowest BCUT2D eigenvalue weighted by molar-refractivity contribution is -0.130. The zero-order valence-corrected chi connectivity index (χ0v) is 15.2. The van der Waals surface area contributed by atoms with Gasteiger partial charge in [0, 0.05) is 37.9 Å². The van der Waals surface area contributed by atoms with Gasteiger partial charge >= 0.3 is 0 Å². The number of anilines is 1. The first-order valence-electron chi connectivity index (χ1n) is 9.47. The lowest BCUT2D eigenvalue weighted by atomic mass is 9.95. The van der Waals surface area contributed by atoms with E-state index in [0.29, 0.717) is 12.6 Å². The minimum atomic E-state index is 0.265. The third kappa shape index (κ3) is 4.10. The van der Waals surface area contributed by atoms with E-state index in [1.165, 1.54) is 48.9 Å². The number of nitrogens with zero attached hydrogens (tertiary/aromatic N) is 2. The summed E-state index contributed by atoms with van der Waals surface area (Å²) in [5.74, 6) is 0.265. The predicted octanol–water partition coefficient (Wildman–Crippen LogP) is 2.87. The minimum Gasteiger partial charge on any atom is -0.368 e. The molecule has 1 N–H and O–H groups in total. The molecule has 0 unspecified atom stereocenters. The van der Waals surface area contributed by atoms with Crippen LogP contribution in [-0.4, -0.2) is 49.6 Å². The second-order valence-corrected chi connectivity index (χ2v) is 7.30. The van der Waals surface area contributed by atoms with Crippen molar-refractivity contribution in [2.75, 3.05) is 37.6 Å². The van der Waals surface area contributed by atoms with E-state index in [2.05, 4.69) is 42.3 Å². The summed E-state index contributed by atoms with van der Waals surface area (Å²) < 4.78 is 0. The van der Waals surface area contributed by atoms with Crippen molar-refractivity contribution in [2.45, 2.75) is 52.0 Å². The third-order valence-electron chi connectivity index (χ3n) is 5.70. The molecule has 1 aromatic rings. The SMILES string of the molecule is Cc1cccc(N2CCN(C(=O)CNC3CCCCC3)CC2)c1C. The summed E-state index contributed by atoms with van der Waals surface area (Å²) in [7, 11) is 0. The average molecular weight is 329 g/mol. The van der Waals surface area contributed by atoms with Crippen LogP contribution in [0.25, 0.3) is 0 Å². The Labute approximate surface area is 146 Å². The molecule has 132 valence electrons. The summed E-state index contributed by atoms with van der Waals surface area (Å²) in [5.41, 5.74) is 4.02. The fourth-order valence-corrected chi connectivity index (χ4v) is 3.93. The summed E-state index contributed by atoms with van der Waals surface area (Å²) >= 11 is 0. The van der Waals surface area contributed by atoms with Crippen LogP contribution in [0.4, 0.5) is 5.69 Å². The molecule has 1 saturated heterocycles. The van der Waals surface area contributed by atoms with Crippen LogP contribution in [0.5, 0.6) is 0 Å². The quantitative estimate of drug-likeness (QED) is 0.922. The first-order valence-corrected chi connectivity index (χ1v) is 9.47. The van der Waals surface area contributed by atoms with Gasteiger partial charge < -0.3 is 15.1 Å². The Kier molecular flexibility index (Phi) is 5.77. The normalized spacial score (nSPS) is 19.6. The third-order valence-corrected chi connectivity index (χ3v) is 5.70. The highest BCUT2D eigenvalue weighted by Gasteiger charge is 2.23. The van der Waals surface area contributed by atoms with E-state index >= 15 is 0 Å². The highest BCUT2D eigenvalue weighted by atomic mass is 16.2. The summed E-state index contributed by atoms with van der Waals surface area (Å²) in [6, 6.07) is 7.04. The van der Waals surface area contributed by atoms with Crippen molar-refractivity contribution in [2.24, 2.45) is 0 Å². The predicted molar refractivity (Wildman–Crippen MR) is 99.6 cm³/mol. The van der Waals surface area contributed by atoms with Gasteiger partial charge in [-0.25, -0.2) is 0 Å². The van der Waals surface area contributed by atoms with E-state index < -0.39 is 0 Å². The molecule has 3 rings (SSSR count). The van der Waals surface area contributed by atoms with Crippen LogP contribution in [0.2, 0.25) is 0 Å². The van der Waals surface area contributed by atoms with Gasteiger partial charge in [-0.1, -0.05) is 31.4 Å². The number of rotatable bonds is 4. The second-order valence-electron chi connectivity index (χ2n) is 7.30. The van der Waals surface area contributed by atoms with E-state index in [9.17, 15) is 4.79 Å². The molecule has 1 aliphatic heterocycles. The van der Waals surface area contributed by atoms with Gasteiger partial charge in [0.2, 0.25) is 5.91 Å². The number of piperazine rings is 1. The monoisotopic (exact) mass is 329 g/mol. The fourth-order valence-electron chi connectivity index (χ4n) is 3.93. The maximum absolute atomic E-state index is 12.4. The highest BCUT2D eigenvalue weighted by molar-refractivity contribution is 5.78. The standard InChI is InChI=1S/C20H31N3O/c1-16-7-6-10-19(17(16)2)22-11-13-23(14-12-22)20(24)15-21-18-8-4-3-5-9-18/h6-7,10,18,21H,3-5,8-9,11-15H2,1-2H3. The Morgan fingerprint density at radius 2 is 1.79 bits per heavy atom. The molecule has 0 spiro atoms. The highest BCUT2D eigenvalue weighted by Crippen LogP contribution is 2.24. The molecule has 0 atom stereocenters. The van der Waals surface area contributed by atoms with Crippen LogP contribution in [-0.2, 0) is 4.79 Å². The molecule has 1 amide bonds. The number of hydrogen-bond acceptors (Lipinski definition) is 3. The summed E-state index contributed by atoms with van der Waals surface area (Å²) in [5, 5.41) is 3.47. The maximum atomic E-state index is 12.4. The topological polar surface area (TPSA) is 35.6 Å². The summed E-state index contributed by atoms with van der Waals surface area (Å²) in [4.78, 5) is 16.9. The van der Waals surface area contributed by atoms with Gasteiger partial charge in [-0.3, -0.25) is 4.79 Å². The molecule has 2 aliphatic rings. The molecule has 4 heteroatoms. The van der Waals surface area contributed by atoms with Crippen molar-refractivity contribution < 1.29 is 4.79 Å².